The Kier molecular flexibility index (Phi) is 3.71. The van der Waals surface area contributed by atoms with Crippen LogP contribution in [0.25, 0.3) is 11.3 Å². The number of hydrogen-bond acceptors (Lipinski definition) is 6. The van der Waals surface area contributed by atoms with Gasteiger partial charge in [-0.2, -0.15) is 0 Å². The number of benzene rings is 1. The number of rotatable bonds is 4. The van der Waals surface area contributed by atoms with Gasteiger partial charge in [-0.1, -0.05) is 16.8 Å². The molecule has 0 aliphatic rings. The first-order chi connectivity index (χ1) is 9.12. The van der Waals surface area contributed by atoms with Gasteiger partial charge in [0.05, 0.1) is 31.9 Å². The number of nitrogens with two attached hydrogens (primary N) is 1. The van der Waals surface area contributed by atoms with Crippen molar-refractivity contribution < 1.29 is 18.7 Å². The first-order valence-corrected chi connectivity index (χ1v) is 5.71. The lowest BCUT2D eigenvalue weighted by molar-refractivity contribution is 0.348. The molecular formula is C12H13ClN2O4. The second kappa shape index (κ2) is 5.27. The van der Waals surface area contributed by atoms with Crippen molar-refractivity contribution in [2.24, 2.45) is 0 Å². The molecule has 0 fully saturated rings. The van der Waals surface area contributed by atoms with Crippen LogP contribution in [0.3, 0.4) is 0 Å². The molecule has 0 saturated heterocycles. The van der Waals surface area contributed by atoms with Gasteiger partial charge in [0.25, 0.3) is 0 Å². The molecule has 2 rings (SSSR count). The summed E-state index contributed by atoms with van der Waals surface area (Å²) in [7, 11) is 4.53. The molecule has 2 N–H and O–H groups in total. The minimum atomic E-state index is 0.245. The fraction of sp³-hybridized carbons (Fsp3) is 0.250. The van der Waals surface area contributed by atoms with Crippen molar-refractivity contribution in [3.63, 3.8) is 0 Å². The Morgan fingerprint density at radius 2 is 1.79 bits per heavy atom. The summed E-state index contributed by atoms with van der Waals surface area (Å²) in [4.78, 5) is 0. The molecule has 0 bridgehead atoms. The van der Waals surface area contributed by atoms with Crippen molar-refractivity contribution in [3.05, 3.63) is 17.2 Å². The van der Waals surface area contributed by atoms with Crippen LogP contribution in [0.5, 0.6) is 17.2 Å². The van der Waals surface area contributed by atoms with Gasteiger partial charge in [-0.05, 0) is 0 Å². The van der Waals surface area contributed by atoms with Crippen molar-refractivity contribution in [2.45, 2.75) is 0 Å². The molecule has 1 aromatic heterocycles. The maximum atomic E-state index is 6.28. The first kappa shape index (κ1) is 13.4. The summed E-state index contributed by atoms with van der Waals surface area (Å²) in [5.74, 6) is 1.94. The highest BCUT2D eigenvalue weighted by Crippen LogP contribution is 2.48. The topological polar surface area (TPSA) is 79.7 Å². The molecule has 7 heteroatoms. The van der Waals surface area contributed by atoms with Gasteiger partial charge in [0, 0.05) is 12.1 Å². The number of ether oxygens (including phenoxy) is 3. The van der Waals surface area contributed by atoms with E-state index in [9.17, 15) is 0 Å². The molecule has 0 aliphatic carbocycles. The highest BCUT2D eigenvalue weighted by atomic mass is 35.5. The fourth-order valence-electron chi connectivity index (χ4n) is 1.72. The molecule has 19 heavy (non-hydrogen) atoms. The van der Waals surface area contributed by atoms with E-state index in [2.05, 4.69) is 5.16 Å². The third-order valence-electron chi connectivity index (χ3n) is 2.57. The number of nitrogens with zero attached hydrogens (tertiary/aromatic N) is 1. The van der Waals surface area contributed by atoms with Gasteiger partial charge in [-0.15, -0.1) is 0 Å². The van der Waals surface area contributed by atoms with Crippen LogP contribution in [0, 0.1) is 0 Å². The Hall–Kier alpha value is -2.08. The highest BCUT2D eigenvalue weighted by molar-refractivity contribution is 6.35. The zero-order valence-electron chi connectivity index (χ0n) is 10.7. The van der Waals surface area contributed by atoms with Gasteiger partial charge in [-0.3, -0.25) is 0 Å². The maximum Gasteiger partial charge on any atom is 0.174 e. The monoisotopic (exact) mass is 284 g/mol. The fourth-order valence-corrected chi connectivity index (χ4v) is 2.03. The van der Waals surface area contributed by atoms with Crippen LogP contribution in [0.1, 0.15) is 0 Å². The molecule has 0 aliphatic heterocycles. The van der Waals surface area contributed by atoms with Crippen LogP contribution in [0.2, 0.25) is 5.02 Å². The Morgan fingerprint density at radius 3 is 2.26 bits per heavy atom. The number of nitrogen functional groups attached to an aromatic ring is 1. The van der Waals surface area contributed by atoms with Crippen molar-refractivity contribution in [2.75, 3.05) is 27.1 Å². The Morgan fingerprint density at radius 1 is 1.11 bits per heavy atom. The zero-order chi connectivity index (χ0) is 14.0. The van der Waals surface area contributed by atoms with E-state index in [0.29, 0.717) is 33.6 Å². The van der Waals surface area contributed by atoms with Crippen molar-refractivity contribution in [1.82, 2.24) is 5.16 Å². The number of hydrogen-bond donors (Lipinski definition) is 1. The van der Waals surface area contributed by atoms with E-state index in [1.807, 2.05) is 0 Å². The van der Waals surface area contributed by atoms with Crippen LogP contribution >= 0.6 is 11.6 Å². The smallest absolute Gasteiger partial charge is 0.174 e. The van der Waals surface area contributed by atoms with Gasteiger partial charge in [0.15, 0.2) is 23.1 Å². The molecule has 0 atom stereocenters. The van der Waals surface area contributed by atoms with E-state index >= 15 is 0 Å². The summed E-state index contributed by atoms with van der Waals surface area (Å²) in [5, 5.41) is 3.96. The number of halogens is 1. The molecule has 1 aromatic carbocycles. The van der Waals surface area contributed by atoms with Crippen molar-refractivity contribution in [3.8, 4) is 28.6 Å². The van der Waals surface area contributed by atoms with Crippen LogP contribution in [-0.4, -0.2) is 26.5 Å². The van der Waals surface area contributed by atoms with E-state index in [1.165, 1.54) is 21.3 Å². The lowest BCUT2D eigenvalue weighted by Crippen LogP contribution is -1.96. The second-order valence-electron chi connectivity index (χ2n) is 3.62. The molecule has 102 valence electrons. The lowest BCUT2D eigenvalue weighted by atomic mass is 10.1. The van der Waals surface area contributed by atoms with Crippen molar-refractivity contribution >= 4 is 17.4 Å². The van der Waals surface area contributed by atoms with Crippen LogP contribution in [0.15, 0.2) is 16.7 Å². The Balaban J connectivity index is 2.75. The first-order valence-electron chi connectivity index (χ1n) is 5.33. The van der Waals surface area contributed by atoms with Gasteiger partial charge >= 0.3 is 0 Å². The summed E-state index contributed by atoms with van der Waals surface area (Å²) in [6.07, 6.45) is 0. The molecule has 0 radical (unpaired) electrons. The standard InChI is InChI=1S/C12H13ClN2O4/c1-16-7-4-8(17-2)12(18-3)10(11(7)13)6-5-9(14)15-19-6/h4-5H,1-3H3,(H2,14,15). The largest absolute Gasteiger partial charge is 0.495 e. The average Bonchev–Trinajstić information content (AvgIpc) is 2.84. The van der Waals surface area contributed by atoms with Gasteiger partial charge in [-0.25, -0.2) is 0 Å². The summed E-state index contributed by atoms with van der Waals surface area (Å²) >= 11 is 6.28. The number of methoxy groups -OCH3 is 3. The maximum absolute atomic E-state index is 6.28. The minimum absolute atomic E-state index is 0.245. The third-order valence-corrected chi connectivity index (χ3v) is 2.94. The summed E-state index contributed by atoms with van der Waals surface area (Å²) in [6.45, 7) is 0. The molecule has 1 heterocycles. The predicted molar refractivity (Wildman–Crippen MR) is 71.0 cm³/mol. The Bertz CT molecular complexity index is 598. The second-order valence-corrected chi connectivity index (χ2v) is 4.00. The zero-order valence-corrected chi connectivity index (χ0v) is 11.4. The third kappa shape index (κ3) is 2.26. The van der Waals surface area contributed by atoms with E-state index in [-0.39, 0.29) is 5.82 Å². The van der Waals surface area contributed by atoms with Gasteiger partial charge in [0.2, 0.25) is 0 Å². The molecule has 6 nitrogen and oxygen atoms in total. The van der Waals surface area contributed by atoms with Crippen LogP contribution in [-0.2, 0) is 0 Å². The summed E-state index contributed by atoms with van der Waals surface area (Å²) in [6, 6.07) is 3.17. The van der Waals surface area contributed by atoms with Crippen molar-refractivity contribution in [1.29, 1.82) is 0 Å². The highest BCUT2D eigenvalue weighted by Gasteiger charge is 2.23. The van der Waals surface area contributed by atoms with Crippen LogP contribution in [0.4, 0.5) is 5.82 Å². The molecule has 0 amide bonds. The molecule has 2 aromatic rings. The summed E-state index contributed by atoms with van der Waals surface area (Å²) < 4.78 is 20.9. The molecular weight excluding hydrogens is 272 g/mol. The SMILES string of the molecule is COc1cc(OC)c(OC)c(-c2cc(N)no2)c1Cl. The minimum Gasteiger partial charge on any atom is -0.495 e. The average molecular weight is 285 g/mol. The van der Waals surface area contributed by atoms with E-state index < -0.39 is 0 Å². The number of anilines is 1. The van der Waals surface area contributed by atoms with Gasteiger partial charge < -0.3 is 24.5 Å². The van der Waals surface area contributed by atoms with E-state index in [0.717, 1.165) is 0 Å². The predicted octanol–water partition coefficient (Wildman–Crippen LogP) is 2.60. The van der Waals surface area contributed by atoms with Crippen LogP contribution < -0.4 is 19.9 Å². The normalized spacial score (nSPS) is 10.3. The Labute approximate surface area is 115 Å². The molecule has 0 unspecified atom stereocenters. The lowest BCUT2D eigenvalue weighted by Gasteiger charge is -2.15. The van der Waals surface area contributed by atoms with Gasteiger partial charge in [0.1, 0.15) is 5.75 Å². The van der Waals surface area contributed by atoms with E-state index in [1.54, 1.807) is 12.1 Å². The van der Waals surface area contributed by atoms with E-state index in [4.69, 9.17) is 36.1 Å². The number of aromatic nitrogens is 1. The molecule has 0 saturated carbocycles. The quantitative estimate of drug-likeness (QED) is 0.929. The summed E-state index contributed by atoms with van der Waals surface area (Å²) in [5.41, 5.74) is 6.02. The molecule has 0 spiro atoms.